The Balaban J connectivity index is 0. The van der Waals surface area contributed by atoms with Crippen molar-refractivity contribution in [1.82, 2.24) is 49.9 Å². The number of carboxylic acid groups (broad SMARTS) is 1. The molecule has 5 heterocycles. The third-order valence-corrected chi connectivity index (χ3v) is 12.6. The van der Waals surface area contributed by atoms with Gasteiger partial charge in [-0.05, 0) is 150 Å². The number of amidine groups is 1. The van der Waals surface area contributed by atoms with Crippen LogP contribution in [0.5, 0.6) is 0 Å². The molecule has 0 atom stereocenters. The Labute approximate surface area is 596 Å². The van der Waals surface area contributed by atoms with Crippen molar-refractivity contribution in [2.24, 2.45) is 5.73 Å². The van der Waals surface area contributed by atoms with Crippen LogP contribution in [-0.4, -0.2) is 113 Å². The molecule has 4 aromatic carbocycles. The number of aromatic amines is 1. The number of rotatable bonds is 14. The second-order valence-electron chi connectivity index (χ2n) is 20.5. The van der Waals surface area contributed by atoms with E-state index in [1.165, 1.54) is 52.2 Å². The fraction of sp³-hybridized carbons (Fsp3) is 0.301. The van der Waals surface area contributed by atoms with E-state index in [1.807, 2.05) is 88.4 Å². The Morgan fingerprint density at radius 3 is 1.43 bits per heavy atom. The van der Waals surface area contributed by atoms with Gasteiger partial charge in [-0.15, -0.1) is 0 Å². The number of aliphatic carboxylic acids is 1. The molecule has 98 heavy (non-hydrogen) atoms. The zero-order chi connectivity index (χ0) is 68.2. The van der Waals surface area contributed by atoms with Crippen molar-refractivity contribution in [2.45, 2.75) is 122 Å². The Hall–Kier alpha value is -10.1. The van der Waals surface area contributed by atoms with Crippen LogP contribution in [-0.2, 0) is 37.0 Å². The van der Waals surface area contributed by atoms with Crippen LogP contribution in [0.25, 0.3) is 34.2 Å². The van der Waals surface area contributed by atoms with Crippen LogP contribution in [0.1, 0.15) is 153 Å². The smallest absolute Gasteiger partial charge is 0.857 e. The zero-order valence-electron chi connectivity index (χ0n) is 54.4. The number of aliphatic hydroxyl groups excluding tert-OH is 1. The predicted octanol–water partition coefficient (Wildman–Crippen LogP) is 5.11. The molecule has 2 aliphatic rings. The summed E-state index contributed by atoms with van der Waals surface area (Å²) in [5, 5.41) is 42.4. The first-order valence-electron chi connectivity index (χ1n) is 29.1. The van der Waals surface area contributed by atoms with Crippen LogP contribution < -0.4 is 62.0 Å². The number of carbonyl (C=O) groups is 4. The van der Waals surface area contributed by atoms with E-state index in [1.54, 1.807) is 103 Å². The maximum Gasteiger partial charge on any atom is 1.00 e. The van der Waals surface area contributed by atoms with Gasteiger partial charge in [0.25, 0.3) is 17.0 Å². The van der Waals surface area contributed by atoms with E-state index in [0.29, 0.717) is 64.7 Å². The van der Waals surface area contributed by atoms with Crippen molar-refractivity contribution in [3.8, 4) is 34.2 Å². The predicted molar refractivity (Wildman–Crippen MR) is 373 cm³/mol. The minimum atomic E-state index is -1.08. The number of nitrogens with two attached hydrogens (primary N) is 2. The Morgan fingerprint density at radius 1 is 0.622 bits per heavy atom. The van der Waals surface area contributed by atoms with Crippen molar-refractivity contribution in [3.05, 3.63) is 247 Å². The summed E-state index contributed by atoms with van der Waals surface area (Å²) in [4.78, 5) is 89.5. The third kappa shape index (κ3) is 33.0. The number of aryl methyl sites for hydroxylation is 3. The van der Waals surface area contributed by atoms with E-state index >= 15 is 0 Å². The molecular formula is C73H93N12NaO12. The van der Waals surface area contributed by atoms with Crippen LogP contribution in [0, 0.1) is 20.8 Å². The summed E-state index contributed by atoms with van der Waals surface area (Å²) in [6.45, 7) is 11.5. The quantitative estimate of drug-likeness (QED) is 0.0209. The number of allylic oxidation sites excluding steroid dienone is 1. The molecule has 0 aliphatic heterocycles. The number of nitrogens with one attached hydrogen (secondary N) is 1. The second-order valence-corrected chi connectivity index (χ2v) is 20.5. The van der Waals surface area contributed by atoms with Gasteiger partial charge in [0, 0.05) is 89.4 Å². The van der Waals surface area contributed by atoms with Gasteiger partial charge in [0.05, 0.1) is 68.3 Å². The van der Waals surface area contributed by atoms with Crippen molar-refractivity contribution in [3.63, 3.8) is 0 Å². The first kappa shape index (κ1) is 89.9. The normalized spacial score (nSPS) is 10.9. The molecule has 0 bridgehead atoms. The first-order valence-corrected chi connectivity index (χ1v) is 29.1. The van der Waals surface area contributed by atoms with Gasteiger partial charge in [0.1, 0.15) is 6.29 Å². The van der Waals surface area contributed by atoms with Crippen molar-refractivity contribution in [2.75, 3.05) is 27.9 Å². The first-order chi connectivity index (χ1) is 44.7. The van der Waals surface area contributed by atoms with E-state index in [2.05, 4.69) is 54.7 Å². The summed E-state index contributed by atoms with van der Waals surface area (Å²) in [7, 11) is 3.43. The number of hydrogen-bond donors (Lipinski definition) is 4. The molecule has 6 N–H and O–H groups in total. The number of H-pyrrole nitrogens is 1. The largest absolute Gasteiger partial charge is 1.00 e. The average molecular weight is 1350 g/mol. The number of aldehydes is 1. The molecule has 9 aromatic rings. The van der Waals surface area contributed by atoms with Crippen LogP contribution >= 0.6 is 0 Å². The van der Waals surface area contributed by atoms with Crippen LogP contribution in [0.2, 0.25) is 0 Å². The molecule has 2 aliphatic carbocycles. The van der Waals surface area contributed by atoms with E-state index in [9.17, 15) is 24.0 Å². The number of carbonyl (C=O) groups excluding carboxylic acids is 4. The molecule has 0 saturated heterocycles. The maximum atomic E-state index is 12.1. The van der Waals surface area contributed by atoms with Crippen LogP contribution in [0.15, 0.2) is 180 Å². The molecule has 0 spiro atoms. The van der Waals surface area contributed by atoms with E-state index in [0.717, 1.165) is 76.2 Å². The SMILES string of the molecule is C.C.C.C.CC(=O)[O-].CCO/C=C(\C)C=O.COC(=O)c1cccc(-c2ncc(C)cn2)c1.COC(=O)c1cccc(C(N)=[NH2+])c1.C[O-].Cc1cnc(-c2cccc(CO)c2)nc1.Cc1cnc(-c2cccc(Cn3nc(C4CC4)ccc3=O)c2)nc1.O=c1ccc(C2CC2)n[nH]1.[Na+]. The topological polar surface area (TPSA) is 372 Å². The van der Waals surface area contributed by atoms with E-state index < -0.39 is 11.9 Å². The molecule has 0 radical (unpaired) electrons. The molecule has 24 nitrogen and oxygen atoms in total. The number of esters is 2. The molecule has 0 unspecified atom stereocenters. The van der Waals surface area contributed by atoms with Gasteiger partial charge in [-0.2, -0.15) is 17.3 Å². The van der Waals surface area contributed by atoms with E-state index in [-0.39, 0.29) is 88.8 Å². The fourth-order valence-electron chi connectivity index (χ4n) is 7.64. The minimum absolute atomic E-state index is 0. The summed E-state index contributed by atoms with van der Waals surface area (Å²) >= 11 is 0. The Bertz CT molecular complexity index is 3970. The molecule has 2 saturated carbocycles. The average Bonchev–Trinajstić information content (AvgIpc) is 1.77. The van der Waals surface area contributed by atoms with Crippen LogP contribution in [0.3, 0.4) is 0 Å². The van der Waals surface area contributed by atoms with Gasteiger partial charge in [-0.1, -0.05) is 84.3 Å². The molecule has 11 rings (SSSR count). The summed E-state index contributed by atoms with van der Waals surface area (Å²) in [5.41, 5.74) is 17.0. The third-order valence-electron chi connectivity index (χ3n) is 12.6. The van der Waals surface area contributed by atoms with Gasteiger partial charge in [-0.3, -0.25) is 25.5 Å². The van der Waals surface area contributed by atoms with Gasteiger partial charge in [0.2, 0.25) is 0 Å². The number of methoxy groups -OCH3 is 2. The van der Waals surface area contributed by atoms with E-state index in [4.69, 9.17) is 36.0 Å². The number of nitrogens with zero attached hydrogens (tertiary/aromatic N) is 9. The van der Waals surface area contributed by atoms with Gasteiger partial charge >= 0.3 is 41.5 Å². The van der Waals surface area contributed by atoms with Gasteiger partial charge in [-0.25, -0.2) is 49.3 Å². The Morgan fingerprint density at radius 2 is 1.02 bits per heavy atom. The van der Waals surface area contributed by atoms with Gasteiger partial charge in [0.15, 0.2) is 17.5 Å². The Kier molecular flexibility index (Phi) is 44.6. The molecule has 518 valence electrons. The molecular weight excluding hydrogens is 1260 g/mol. The number of carboxylic acids is 1. The minimum Gasteiger partial charge on any atom is -0.857 e. The van der Waals surface area contributed by atoms with Crippen molar-refractivity contribution in [1.29, 1.82) is 0 Å². The van der Waals surface area contributed by atoms with Crippen LogP contribution in [0.4, 0.5) is 0 Å². The molecule has 2 fully saturated rings. The molecule has 25 heteroatoms. The summed E-state index contributed by atoms with van der Waals surface area (Å²) in [6, 6.07) is 36.0. The second kappa shape index (κ2) is 48.6. The number of hydrogen-bond acceptors (Lipinski definition) is 20. The zero-order valence-corrected chi connectivity index (χ0v) is 56.4. The number of benzene rings is 4. The fourth-order valence-corrected chi connectivity index (χ4v) is 7.64. The summed E-state index contributed by atoms with van der Waals surface area (Å²) < 4.78 is 15.5. The maximum absolute atomic E-state index is 12.1. The van der Waals surface area contributed by atoms with Gasteiger partial charge < -0.3 is 34.3 Å². The van der Waals surface area contributed by atoms with Crippen molar-refractivity contribution >= 4 is 30.0 Å². The summed E-state index contributed by atoms with van der Waals surface area (Å²) in [6.07, 6.45) is 17.7. The number of aliphatic hydroxyl groups is 1. The molecule has 5 aromatic heterocycles. The monoisotopic (exact) mass is 1350 g/mol. The number of ether oxygens (including phenoxy) is 3. The standard InChI is InChI=1S/C19H18N4O.C13H12N2O2.C12H12N2O.C9H10N2O2.C7H8N2O.C6H10O2.C2H4O2.CH3O.4CH4.Na/c1-13-10-20-19(21-11-13)16-4-2-3-14(9-16)12-23-18(24)8-7-17(22-23)15-5-6-15;1-9-7-14-12(15-8-9)10-4-3-5-11(6-10)13(16)17-2;1-9-6-13-12(14-7-9)11-4-2-3-10(5-11)8-15;1-13-9(12)7-4-2-3-6(5-7)8(10)11;10-7-4-3-6(8-9-7)5-1-2-5;1-3-8-5-6(2)4-7;1-2(3)4;1-2;;;;;/h2-4,7-11,15H,5-6,12H2,1H3;3-8H,1-2H3;2-7,15H,8H2,1H3;2-5H,1H3,(H3,10,11);3-5H,1-2H2,(H,9,10);4-5H,3H2,1-2H3;1H3,(H,3,4);1H3;4*1H4;/q;;;;;;;-1;;;;;+1/b;;;;;6-5+;;;;;;;. The molecule has 0 amide bonds. The summed E-state index contributed by atoms with van der Waals surface area (Å²) in [5.74, 6) is 1.47. The van der Waals surface area contributed by atoms with Crippen molar-refractivity contribution < 1.29 is 83.7 Å². The number of aromatic nitrogens is 10.